The lowest BCUT2D eigenvalue weighted by atomic mass is 9.84. The summed E-state index contributed by atoms with van der Waals surface area (Å²) in [6.45, 7) is 5.63. The van der Waals surface area contributed by atoms with E-state index in [0.717, 1.165) is 90.0 Å². The Morgan fingerprint density at radius 1 is 0.790 bits per heavy atom. The van der Waals surface area contributed by atoms with Crippen LogP contribution in [0.5, 0.6) is 17.2 Å². The smallest absolute Gasteiger partial charge is 0.262 e. The summed E-state index contributed by atoms with van der Waals surface area (Å²) in [6, 6.07) is 24.4. The van der Waals surface area contributed by atoms with E-state index >= 15 is 4.39 Å². The second kappa shape index (κ2) is 17.5. The second-order valence-corrected chi connectivity index (χ2v) is 17.4. The van der Waals surface area contributed by atoms with Gasteiger partial charge in [0.25, 0.3) is 11.8 Å². The van der Waals surface area contributed by atoms with E-state index in [1.807, 2.05) is 53.4 Å². The van der Waals surface area contributed by atoms with Crippen LogP contribution in [0.2, 0.25) is 0 Å². The molecule has 6 heterocycles. The molecule has 0 aromatic heterocycles. The number of fused-ring (bicyclic) bond motifs is 3. The molecule has 4 amide bonds. The summed E-state index contributed by atoms with van der Waals surface area (Å²) in [5.74, 6) is -0.895. The summed E-state index contributed by atoms with van der Waals surface area (Å²) >= 11 is 6.31. The third-order valence-electron chi connectivity index (χ3n) is 13.2. The maximum atomic E-state index is 15.6. The van der Waals surface area contributed by atoms with Crippen LogP contribution in [0.3, 0.4) is 0 Å². The normalized spacial score (nSPS) is 22.3. The van der Waals surface area contributed by atoms with Gasteiger partial charge in [0.15, 0.2) is 0 Å². The van der Waals surface area contributed by atoms with Crippen molar-refractivity contribution < 1.29 is 38.5 Å². The molecule has 3 unspecified atom stereocenters. The maximum Gasteiger partial charge on any atom is 0.262 e. The van der Waals surface area contributed by atoms with Gasteiger partial charge in [-0.15, -0.1) is 11.6 Å². The Bertz CT molecular complexity index is 2390. The van der Waals surface area contributed by atoms with Crippen molar-refractivity contribution in [3.63, 3.8) is 0 Å². The number of amides is 4. The fraction of sp³-hybridized carbons (Fsp3) is 0.375. The van der Waals surface area contributed by atoms with E-state index < -0.39 is 35.5 Å². The van der Waals surface area contributed by atoms with Crippen LogP contribution < -0.4 is 15.0 Å². The van der Waals surface area contributed by atoms with Crippen LogP contribution in [-0.2, 0) is 9.59 Å². The van der Waals surface area contributed by atoms with Gasteiger partial charge < -0.3 is 19.8 Å². The van der Waals surface area contributed by atoms with Gasteiger partial charge in [0, 0.05) is 50.6 Å². The van der Waals surface area contributed by atoms with E-state index in [1.54, 1.807) is 24.3 Å². The lowest BCUT2D eigenvalue weighted by molar-refractivity contribution is -0.136. The van der Waals surface area contributed by atoms with Crippen LogP contribution in [-0.4, -0.2) is 118 Å². The Balaban J connectivity index is 0.760. The van der Waals surface area contributed by atoms with Crippen molar-refractivity contribution in [2.24, 2.45) is 5.92 Å². The standard InChI is InChI=1S/C48H49ClFN5O7/c49-18-15-38(30-1-7-35(56)8-2-30)45(31-3-9-36(57)10-4-31)32-5-11-37(12-6-32)62-22-21-52-19-16-29(17-20-52)26-54-33-23-34(54)28-53(27-33)43-25-40-39(24-41(43)50)47(60)55(48(40)61)42-13-14-44(58)51-46(42)59/h1-12,24-25,29,33-34,42,56-57H,13-23,26-28H2,(H,51,58,59). The molecule has 3 N–H and O–H groups in total. The number of carbonyl (C=O) groups is 4. The van der Waals surface area contributed by atoms with Crippen LogP contribution in [0, 0.1) is 11.7 Å². The SMILES string of the molecule is O=C1CCC(N2C(=O)c3cc(F)c(N4CC5CC(C4)N5CC4CCN(CCOc5ccc(C(=C(CCCl)c6ccc(O)cc6)c6ccc(O)cc6)cc5)CC4)cc3C2=O)C(=O)N1. The highest BCUT2D eigenvalue weighted by atomic mass is 35.5. The molecule has 6 aliphatic heterocycles. The van der Waals surface area contributed by atoms with Crippen molar-refractivity contribution in [3.05, 3.63) is 119 Å². The Morgan fingerprint density at radius 3 is 2.00 bits per heavy atom. The predicted octanol–water partition coefficient (Wildman–Crippen LogP) is 6.28. The van der Waals surface area contributed by atoms with Crippen LogP contribution in [0.15, 0.2) is 84.9 Å². The van der Waals surface area contributed by atoms with E-state index in [-0.39, 0.29) is 47.6 Å². The zero-order chi connectivity index (χ0) is 43.1. The first-order chi connectivity index (χ1) is 30.0. The van der Waals surface area contributed by atoms with Gasteiger partial charge in [-0.3, -0.25) is 39.2 Å². The number of ether oxygens (including phenoxy) is 1. The molecule has 0 radical (unpaired) electrons. The molecule has 6 aliphatic rings. The van der Waals surface area contributed by atoms with E-state index in [4.69, 9.17) is 16.3 Å². The highest BCUT2D eigenvalue weighted by Gasteiger charge is 2.48. The molecule has 0 aliphatic carbocycles. The number of imide groups is 2. The van der Waals surface area contributed by atoms with Crippen LogP contribution in [0.25, 0.3) is 11.1 Å². The van der Waals surface area contributed by atoms with Gasteiger partial charge in [0.05, 0.1) is 16.8 Å². The first-order valence-electron chi connectivity index (χ1n) is 21.4. The van der Waals surface area contributed by atoms with Gasteiger partial charge in [-0.1, -0.05) is 36.4 Å². The maximum absolute atomic E-state index is 15.6. The van der Waals surface area contributed by atoms with Crippen molar-refractivity contribution in [2.75, 3.05) is 56.7 Å². The van der Waals surface area contributed by atoms with E-state index in [2.05, 4.69) is 15.1 Å². The summed E-state index contributed by atoms with van der Waals surface area (Å²) in [4.78, 5) is 58.6. The number of nitrogens with one attached hydrogen (secondary N) is 1. The quantitative estimate of drug-likeness (QED) is 0.0799. The number of alkyl halides is 1. The van der Waals surface area contributed by atoms with Gasteiger partial charge in [-0.2, -0.15) is 0 Å². The number of nitrogens with zero attached hydrogens (tertiary/aromatic N) is 4. The molecule has 4 aromatic rings. The summed E-state index contributed by atoms with van der Waals surface area (Å²) in [5, 5.41) is 22.1. The number of piperazine rings is 1. The number of halogens is 2. The number of hydrogen-bond donors (Lipinski definition) is 3. The fourth-order valence-corrected chi connectivity index (χ4v) is 10.1. The first kappa shape index (κ1) is 41.6. The lowest BCUT2D eigenvalue weighted by Crippen LogP contribution is -2.69. The van der Waals surface area contributed by atoms with Gasteiger partial charge in [-0.25, -0.2) is 4.39 Å². The molecule has 10 rings (SSSR count). The number of aromatic hydroxyl groups is 2. The summed E-state index contributed by atoms with van der Waals surface area (Å²) in [6.07, 6.45) is 3.90. The topological polar surface area (TPSA) is 143 Å². The van der Waals surface area contributed by atoms with Crippen molar-refractivity contribution >= 4 is 52.1 Å². The number of phenolic OH excluding ortho intramolecular Hbond substituents is 2. The van der Waals surface area contributed by atoms with Gasteiger partial charge in [-0.05, 0) is 127 Å². The van der Waals surface area contributed by atoms with E-state index in [1.165, 1.54) is 6.07 Å². The third kappa shape index (κ3) is 8.28. The zero-order valence-electron chi connectivity index (χ0n) is 34.3. The predicted molar refractivity (Wildman–Crippen MR) is 233 cm³/mol. The molecule has 0 saturated carbocycles. The lowest BCUT2D eigenvalue weighted by Gasteiger charge is -2.58. The molecule has 0 spiro atoms. The minimum atomic E-state index is -1.09. The Labute approximate surface area is 364 Å². The molecule has 62 heavy (non-hydrogen) atoms. The first-order valence-corrected chi connectivity index (χ1v) is 22.0. The summed E-state index contributed by atoms with van der Waals surface area (Å²) in [5.41, 5.74) is 5.27. The number of likely N-dealkylation sites (tertiary alicyclic amines) is 1. The van der Waals surface area contributed by atoms with Crippen LogP contribution in [0.1, 0.15) is 75.9 Å². The molecule has 3 atom stereocenters. The second-order valence-electron chi connectivity index (χ2n) is 17.0. The monoisotopic (exact) mass is 861 g/mol. The molecule has 4 aromatic carbocycles. The minimum absolute atomic E-state index is 0.0223. The van der Waals surface area contributed by atoms with Crippen molar-refractivity contribution in [2.45, 2.75) is 56.7 Å². The van der Waals surface area contributed by atoms with Crippen molar-refractivity contribution in [1.82, 2.24) is 20.0 Å². The zero-order valence-corrected chi connectivity index (χ0v) is 35.0. The van der Waals surface area contributed by atoms with Crippen molar-refractivity contribution in [3.8, 4) is 17.2 Å². The van der Waals surface area contributed by atoms with E-state index in [0.29, 0.717) is 43.6 Å². The average Bonchev–Trinajstić information content (AvgIpc) is 3.51. The molecular formula is C48H49ClFN5O7. The molecule has 322 valence electrons. The Morgan fingerprint density at radius 2 is 1.39 bits per heavy atom. The minimum Gasteiger partial charge on any atom is -0.508 e. The molecule has 5 saturated heterocycles. The number of carbonyl (C=O) groups excluding carboxylic acids is 4. The number of phenols is 2. The molecule has 12 nitrogen and oxygen atoms in total. The Kier molecular flexibility index (Phi) is 11.8. The average molecular weight is 862 g/mol. The molecule has 14 heteroatoms. The number of hydrogen-bond acceptors (Lipinski definition) is 10. The van der Waals surface area contributed by atoms with E-state index in [9.17, 15) is 29.4 Å². The number of allylic oxidation sites excluding steroid dienone is 1. The summed E-state index contributed by atoms with van der Waals surface area (Å²) in [7, 11) is 0. The molecule has 5 fully saturated rings. The highest BCUT2D eigenvalue weighted by molar-refractivity contribution is 6.24. The summed E-state index contributed by atoms with van der Waals surface area (Å²) < 4.78 is 21.8. The van der Waals surface area contributed by atoms with Crippen LogP contribution >= 0.6 is 11.6 Å². The molecular weight excluding hydrogens is 813 g/mol. The number of anilines is 1. The Hall–Kier alpha value is -5.76. The number of benzene rings is 4. The molecule has 2 bridgehead atoms. The number of rotatable bonds is 13. The van der Waals surface area contributed by atoms with Crippen LogP contribution in [0.4, 0.5) is 10.1 Å². The van der Waals surface area contributed by atoms with Gasteiger partial charge >= 0.3 is 0 Å². The van der Waals surface area contributed by atoms with Gasteiger partial charge in [0.1, 0.15) is 35.7 Å². The fourth-order valence-electron chi connectivity index (χ4n) is 9.92. The number of piperidine rings is 3. The highest BCUT2D eigenvalue weighted by Crippen LogP contribution is 2.40. The third-order valence-corrected chi connectivity index (χ3v) is 13.4. The van der Waals surface area contributed by atoms with Gasteiger partial charge in [0.2, 0.25) is 11.8 Å². The largest absolute Gasteiger partial charge is 0.508 e. The van der Waals surface area contributed by atoms with Crippen molar-refractivity contribution in [1.29, 1.82) is 0 Å².